The fourth-order valence-corrected chi connectivity index (χ4v) is 1.37. The summed E-state index contributed by atoms with van der Waals surface area (Å²) in [6.45, 7) is 3.55. The van der Waals surface area contributed by atoms with Crippen LogP contribution < -0.4 is 0 Å². The normalized spacial score (nSPS) is 32.7. The predicted octanol–water partition coefficient (Wildman–Crippen LogP) is 0.903. The predicted molar refractivity (Wildman–Crippen MR) is 38.6 cm³/mol. The van der Waals surface area contributed by atoms with Crippen LogP contribution in [0.25, 0.3) is 0 Å². The van der Waals surface area contributed by atoms with E-state index >= 15 is 0 Å². The van der Waals surface area contributed by atoms with Crippen molar-refractivity contribution in [3.8, 4) is 0 Å². The van der Waals surface area contributed by atoms with Gasteiger partial charge in [0.25, 0.3) is 0 Å². The molecule has 0 heterocycles. The zero-order valence-electron chi connectivity index (χ0n) is 5.92. The van der Waals surface area contributed by atoms with E-state index < -0.39 is 6.10 Å². The van der Waals surface area contributed by atoms with Crippen LogP contribution in [0.4, 0.5) is 0 Å². The van der Waals surface area contributed by atoms with E-state index in [9.17, 15) is 4.79 Å². The van der Waals surface area contributed by atoms with Gasteiger partial charge >= 0.3 is 0 Å². The third-order valence-corrected chi connectivity index (χ3v) is 1.90. The fourth-order valence-electron chi connectivity index (χ4n) is 1.37. The molecule has 56 valence electrons. The van der Waals surface area contributed by atoms with Crippen molar-refractivity contribution in [1.29, 1.82) is 0 Å². The fraction of sp³-hybridized carbons (Fsp3) is 0.625. The van der Waals surface area contributed by atoms with Crippen molar-refractivity contribution in [2.75, 3.05) is 0 Å². The van der Waals surface area contributed by atoms with E-state index in [4.69, 9.17) is 5.11 Å². The lowest BCUT2D eigenvalue weighted by atomic mass is 10.0. The van der Waals surface area contributed by atoms with E-state index in [1.54, 1.807) is 6.08 Å². The summed E-state index contributed by atoms with van der Waals surface area (Å²) in [6, 6.07) is 0. The Labute approximate surface area is 60.6 Å². The average Bonchev–Trinajstić information content (AvgIpc) is 2.13. The van der Waals surface area contributed by atoms with E-state index in [0.717, 1.165) is 6.42 Å². The second-order valence-corrected chi connectivity index (χ2v) is 2.78. The summed E-state index contributed by atoms with van der Waals surface area (Å²) in [5.74, 6) is 0.236. The Morgan fingerprint density at radius 1 is 1.80 bits per heavy atom. The number of ketones is 1. The Kier molecular flexibility index (Phi) is 2.22. The molecule has 2 unspecified atom stereocenters. The Morgan fingerprint density at radius 3 is 2.90 bits per heavy atom. The van der Waals surface area contributed by atoms with Gasteiger partial charge in [0.15, 0.2) is 0 Å². The highest BCUT2D eigenvalue weighted by molar-refractivity contribution is 5.83. The summed E-state index contributed by atoms with van der Waals surface area (Å²) in [5, 5.41) is 9.04. The standard InChI is InChI=1S/C8H12O2/c1-2-3-6-4-7(9)5-8(6)10/h2,6-7,9H,1,3-5H2. The van der Waals surface area contributed by atoms with Gasteiger partial charge in [-0.2, -0.15) is 0 Å². The van der Waals surface area contributed by atoms with Crippen LogP contribution >= 0.6 is 0 Å². The smallest absolute Gasteiger partial charge is 0.138 e. The summed E-state index contributed by atoms with van der Waals surface area (Å²) < 4.78 is 0. The zero-order valence-corrected chi connectivity index (χ0v) is 5.92. The average molecular weight is 140 g/mol. The SMILES string of the molecule is C=CCC1CC(O)CC1=O. The first-order valence-electron chi connectivity index (χ1n) is 3.55. The Balaban J connectivity index is 2.46. The van der Waals surface area contributed by atoms with E-state index in [0.29, 0.717) is 12.8 Å². The third-order valence-electron chi connectivity index (χ3n) is 1.90. The minimum atomic E-state index is -0.391. The number of aliphatic hydroxyl groups is 1. The van der Waals surface area contributed by atoms with Gasteiger partial charge in [0.05, 0.1) is 6.10 Å². The van der Waals surface area contributed by atoms with Crippen molar-refractivity contribution >= 4 is 5.78 Å². The van der Waals surface area contributed by atoms with Gasteiger partial charge in [-0.1, -0.05) is 6.08 Å². The number of Topliss-reactive ketones (excluding diaryl/α,β-unsaturated/α-hetero) is 1. The first-order valence-corrected chi connectivity index (χ1v) is 3.55. The summed E-state index contributed by atoms with van der Waals surface area (Å²) >= 11 is 0. The number of hydrogen-bond acceptors (Lipinski definition) is 2. The van der Waals surface area contributed by atoms with Crippen LogP contribution in [0, 0.1) is 5.92 Å². The lowest BCUT2D eigenvalue weighted by molar-refractivity contribution is -0.120. The topological polar surface area (TPSA) is 37.3 Å². The summed E-state index contributed by atoms with van der Waals surface area (Å²) in [7, 11) is 0. The molecule has 2 heteroatoms. The molecular formula is C8H12O2. The van der Waals surface area contributed by atoms with Crippen molar-refractivity contribution in [2.24, 2.45) is 5.92 Å². The molecule has 1 aliphatic carbocycles. The van der Waals surface area contributed by atoms with Crippen LogP contribution in [0.5, 0.6) is 0 Å². The quantitative estimate of drug-likeness (QED) is 0.579. The van der Waals surface area contributed by atoms with Crippen LogP contribution in [0.1, 0.15) is 19.3 Å². The number of aliphatic hydroxyl groups excluding tert-OH is 1. The van der Waals surface area contributed by atoms with Gasteiger partial charge in [-0.15, -0.1) is 6.58 Å². The van der Waals surface area contributed by atoms with Gasteiger partial charge in [-0.25, -0.2) is 0 Å². The van der Waals surface area contributed by atoms with Crippen LogP contribution in [0.15, 0.2) is 12.7 Å². The molecule has 1 aliphatic rings. The highest BCUT2D eigenvalue weighted by Gasteiger charge is 2.29. The van der Waals surface area contributed by atoms with Gasteiger partial charge in [-0.3, -0.25) is 4.79 Å². The van der Waals surface area contributed by atoms with Crippen molar-refractivity contribution < 1.29 is 9.90 Å². The molecule has 2 atom stereocenters. The second kappa shape index (κ2) is 2.97. The molecule has 0 aromatic heterocycles. The molecular weight excluding hydrogens is 128 g/mol. The number of carbonyl (C=O) groups excluding carboxylic acids is 1. The molecule has 10 heavy (non-hydrogen) atoms. The van der Waals surface area contributed by atoms with Gasteiger partial charge in [0.1, 0.15) is 5.78 Å². The summed E-state index contributed by atoms with van der Waals surface area (Å²) in [4.78, 5) is 11.0. The van der Waals surface area contributed by atoms with Crippen molar-refractivity contribution in [3.63, 3.8) is 0 Å². The van der Waals surface area contributed by atoms with E-state index in [1.165, 1.54) is 0 Å². The van der Waals surface area contributed by atoms with Crippen LogP contribution in [-0.2, 0) is 4.79 Å². The first kappa shape index (κ1) is 7.48. The molecule has 0 radical (unpaired) electrons. The Hall–Kier alpha value is -0.630. The minimum Gasteiger partial charge on any atom is -0.393 e. The Morgan fingerprint density at radius 2 is 2.50 bits per heavy atom. The van der Waals surface area contributed by atoms with Crippen molar-refractivity contribution in [3.05, 3.63) is 12.7 Å². The van der Waals surface area contributed by atoms with E-state index in [-0.39, 0.29) is 11.7 Å². The van der Waals surface area contributed by atoms with Gasteiger partial charge in [0, 0.05) is 12.3 Å². The Bertz CT molecular complexity index is 151. The molecule has 0 bridgehead atoms. The van der Waals surface area contributed by atoms with Gasteiger partial charge < -0.3 is 5.11 Å². The van der Waals surface area contributed by atoms with Crippen LogP contribution in [0.3, 0.4) is 0 Å². The summed E-state index contributed by atoms with van der Waals surface area (Å²) in [6.07, 6.45) is 3.04. The molecule has 1 fully saturated rings. The minimum absolute atomic E-state index is 0.0486. The molecule has 1 saturated carbocycles. The maximum absolute atomic E-state index is 11.0. The molecule has 0 aliphatic heterocycles. The molecule has 0 amide bonds. The highest BCUT2D eigenvalue weighted by Crippen LogP contribution is 2.24. The second-order valence-electron chi connectivity index (χ2n) is 2.78. The molecule has 1 rings (SSSR count). The van der Waals surface area contributed by atoms with E-state index in [1.807, 2.05) is 0 Å². The molecule has 1 N–H and O–H groups in total. The summed E-state index contributed by atoms with van der Waals surface area (Å²) in [5.41, 5.74) is 0. The van der Waals surface area contributed by atoms with Gasteiger partial charge in [-0.05, 0) is 12.8 Å². The lowest BCUT2D eigenvalue weighted by Crippen LogP contribution is -2.03. The maximum Gasteiger partial charge on any atom is 0.138 e. The highest BCUT2D eigenvalue weighted by atomic mass is 16.3. The molecule has 0 aromatic rings. The van der Waals surface area contributed by atoms with Crippen LogP contribution in [-0.4, -0.2) is 17.0 Å². The molecule has 2 nitrogen and oxygen atoms in total. The van der Waals surface area contributed by atoms with E-state index in [2.05, 4.69) is 6.58 Å². The first-order chi connectivity index (χ1) is 4.74. The molecule has 0 saturated heterocycles. The van der Waals surface area contributed by atoms with Crippen LogP contribution in [0.2, 0.25) is 0 Å². The maximum atomic E-state index is 11.0. The number of hydrogen-bond donors (Lipinski definition) is 1. The van der Waals surface area contributed by atoms with Gasteiger partial charge in [0.2, 0.25) is 0 Å². The number of allylic oxidation sites excluding steroid dienone is 1. The zero-order chi connectivity index (χ0) is 7.56. The lowest BCUT2D eigenvalue weighted by Gasteiger charge is -2.01. The molecule has 0 spiro atoms. The third kappa shape index (κ3) is 1.45. The number of carbonyl (C=O) groups is 1. The molecule has 0 aromatic carbocycles. The number of rotatable bonds is 2. The largest absolute Gasteiger partial charge is 0.393 e. The van der Waals surface area contributed by atoms with Crippen molar-refractivity contribution in [2.45, 2.75) is 25.4 Å². The van der Waals surface area contributed by atoms with Crippen molar-refractivity contribution in [1.82, 2.24) is 0 Å². The monoisotopic (exact) mass is 140 g/mol.